The molecule has 0 aliphatic carbocycles. The maximum Gasteiger partial charge on any atom is 0.323 e. The van der Waals surface area contributed by atoms with Gasteiger partial charge in [-0.1, -0.05) is 36.4 Å². The number of pyridine rings is 1. The Hall–Kier alpha value is -3.48. The minimum atomic E-state index is -1.11. The van der Waals surface area contributed by atoms with Crippen molar-refractivity contribution < 1.29 is 9.90 Å². The molecule has 0 bridgehead atoms. The molecule has 25 heavy (non-hydrogen) atoms. The van der Waals surface area contributed by atoms with Crippen molar-refractivity contribution in [2.45, 2.75) is 13.1 Å². The highest BCUT2D eigenvalue weighted by Crippen LogP contribution is 2.16. The summed E-state index contributed by atoms with van der Waals surface area (Å²) in [6, 6.07) is 12.7. The fraction of sp³-hybridized carbons (Fsp3) is 0.111. The molecule has 0 radical (unpaired) electrons. The molecule has 0 fully saturated rings. The SMILES string of the molecule is O=C(O)Cn1c(-c2ccccc2)ncc(NCc2cccnc2)c1=O. The van der Waals surface area contributed by atoms with Crippen LogP contribution in [0.5, 0.6) is 0 Å². The quantitative estimate of drug-likeness (QED) is 0.714. The second-order valence-electron chi connectivity index (χ2n) is 5.36. The summed E-state index contributed by atoms with van der Waals surface area (Å²) in [6.07, 6.45) is 4.79. The first-order valence-electron chi connectivity index (χ1n) is 7.65. The molecule has 1 aromatic carbocycles. The Labute approximate surface area is 143 Å². The first-order chi connectivity index (χ1) is 12.1. The Morgan fingerprint density at radius 2 is 1.92 bits per heavy atom. The highest BCUT2D eigenvalue weighted by molar-refractivity contribution is 5.68. The third kappa shape index (κ3) is 3.89. The standard InChI is InChI=1S/C18H16N4O3/c23-16(24)12-22-17(14-6-2-1-3-7-14)21-11-15(18(22)25)20-10-13-5-4-8-19-9-13/h1-9,11,20H,10,12H2,(H,23,24). The lowest BCUT2D eigenvalue weighted by Crippen LogP contribution is -2.28. The van der Waals surface area contributed by atoms with Crippen LogP contribution in [0.1, 0.15) is 5.56 Å². The van der Waals surface area contributed by atoms with Crippen LogP contribution < -0.4 is 10.9 Å². The first kappa shape index (κ1) is 16.4. The first-order valence-corrected chi connectivity index (χ1v) is 7.65. The van der Waals surface area contributed by atoms with E-state index in [0.717, 1.165) is 10.1 Å². The van der Waals surface area contributed by atoms with Crippen molar-refractivity contribution in [3.8, 4) is 11.4 Å². The topological polar surface area (TPSA) is 97.1 Å². The van der Waals surface area contributed by atoms with Crippen molar-refractivity contribution in [2.75, 3.05) is 5.32 Å². The van der Waals surface area contributed by atoms with Crippen LogP contribution in [0.4, 0.5) is 5.69 Å². The van der Waals surface area contributed by atoms with Gasteiger partial charge < -0.3 is 10.4 Å². The second-order valence-corrected chi connectivity index (χ2v) is 5.36. The Morgan fingerprint density at radius 3 is 2.60 bits per heavy atom. The molecule has 0 atom stereocenters. The monoisotopic (exact) mass is 336 g/mol. The summed E-state index contributed by atoms with van der Waals surface area (Å²) in [7, 11) is 0. The molecule has 126 valence electrons. The Bertz CT molecular complexity index is 924. The van der Waals surface area contributed by atoms with Gasteiger partial charge >= 0.3 is 5.97 Å². The van der Waals surface area contributed by atoms with Crippen molar-refractivity contribution in [3.63, 3.8) is 0 Å². The third-order valence-corrected chi connectivity index (χ3v) is 3.58. The summed E-state index contributed by atoms with van der Waals surface area (Å²) in [4.78, 5) is 32.2. The van der Waals surface area contributed by atoms with Crippen LogP contribution in [0, 0.1) is 0 Å². The number of carbonyl (C=O) groups is 1. The molecule has 0 unspecified atom stereocenters. The van der Waals surface area contributed by atoms with Crippen molar-refractivity contribution in [3.05, 3.63) is 77.0 Å². The number of carboxylic acid groups (broad SMARTS) is 1. The van der Waals surface area contributed by atoms with Crippen LogP contribution in [0.2, 0.25) is 0 Å². The predicted molar refractivity (Wildman–Crippen MR) is 93.1 cm³/mol. The van der Waals surface area contributed by atoms with Crippen LogP contribution in [0.25, 0.3) is 11.4 Å². The lowest BCUT2D eigenvalue weighted by Gasteiger charge is -2.13. The van der Waals surface area contributed by atoms with Gasteiger partial charge in [-0.2, -0.15) is 0 Å². The largest absolute Gasteiger partial charge is 0.480 e. The van der Waals surface area contributed by atoms with E-state index < -0.39 is 18.1 Å². The van der Waals surface area contributed by atoms with E-state index in [1.807, 2.05) is 12.1 Å². The van der Waals surface area contributed by atoms with Gasteiger partial charge in [-0.25, -0.2) is 4.98 Å². The molecular formula is C18H16N4O3. The van der Waals surface area contributed by atoms with Crippen LogP contribution >= 0.6 is 0 Å². The molecule has 3 rings (SSSR count). The van der Waals surface area contributed by atoms with Gasteiger partial charge in [0.25, 0.3) is 5.56 Å². The zero-order valence-electron chi connectivity index (χ0n) is 13.3. The van der Waals surface area contributed by atoms with E-state index in [4.69, 9.17) is 5.11 Å². The van der Waals surface area contributed by atoms with E-state index in [1.165, 1.54) is 6.20 Å². The van der Waals surface area contributed by atoms with Gasteiger partial charge in [0.15, 0.2) is 0 Å². The number of aliphatic carboxylic acids is 1. The van der Waals surface area contributed by atoms with Gasteiger partial charge in [0, 0.05) is 24.5 Å². The van der Waals surface area contributed by atoms with E-state index in [1.54, 1.807) is 42.7 Å². The Balaban J connectivity index is 1.96. The number of anilines is 1. The van der Waals surface area contributed by atoms with Gasteiger partial charge in [0.05, 0.1) is 6.20 Å². The zero-order chi connectivity index (χ0) is 17.6. The molecule has 0 aliphatic heterocycles. The molecule has 7 nitrogen and oxygen atoms in total. The number of carboxylic acids is 1. The predicted octanol–water partition coefficient (Wildman–Crippen LogP) is 2.00. The number of nitrogens with zero attached hydrogens (tertiary/aromatic N) is 3. The van der Waals surface area contributed by atoms with Crippen molar-refractivity contribution >= 4 is 11.7 Å². The lowest BCUT2D eigenvalue weighted by molar-refractivity contribution is -0.137. The zero-order valence-corrected chi connectivity index (χ0v) is 13.3. The number of aromatic nitrogens is 3. The Kier molecular flexibility index (Phi) is 4.84. The van der Waals surface area contributed by atoms with E-state index in [9.17, 15) is 9.59 Å². The van der Waals surface area contributed by atoms with Gasteiger partial charge in [0.1, 0.15) is 18.1 Å². The maximum absolute atomic E-state index is 12.7. The van der Waals surface area contributed by atoms with Crippen LogP contribution in [-0.4, -0.2) is 25.6 Å². The molecule has 0 amide bonds. The number of hydrogen-bond donors (Lipinski definition) is 2. The molecule has 2 heterocycles. The van der Waals surface area contributed by atoms with Crippen LogP contribution in [0.15, 0.2) is 65.8 Å². The summed E-state index contributed by atoms with van der Waals surface area (Å²) in [5.41, 5.74) is 1.39. The Morgan fingerprint density at radius 1 is 1.12 bits per heavy atom. The highest BCUT2D eigenvalue weighted by Gasteiger charge is 2.14. The third-order valence-electron chi connectivity index (χ3n) is 3.58. The summed E-state index contributed by atoms with van der Waals surface area (Å²) in [5.74, 6) is -0.787. The molecule has 0 spiro atoms. The van der Waals surface area contributed by atoms with Gasteiger partial charge in [-0.3, -0.25) is 19.1 Å². The fourth-order valence-electron chi connectivity index (χ4n) is 2.41. The minimum absolute atomic E-state index is 0.241. The molecule has 0 aliphatic rings. The number of rotatable bonds is 6. The highest BCUT2D eigenvalue weighted by atomic mass is 16.4. The molecule has 2 aromatic heterocycles. The fourth-order valence-corrected chi connectivity index (χ4v) is 2.41. The summed E-state index contributed by atoms with van der Waals surface area (Å²) in [6.45, 7) is -0.0685. The molecular weight excluding hydrogens is 320 g/mol. The lowest BCUT2D eigenvalue weighted by atomic mass is 10.2. The number of hydrogen-bond acceptors (Lipinski definition) is 5. The minimum Gasteiger partial charge on any atom is -0.480 e. The molecule has 3 aromatic rings. The molecule has 7 heteroatoms. The van der Waals surface area contributed by atoms with Crippen molar-refractivity contribution in [1.29, 1.82) is 0 Å². The van der Waals surface area contributed by atoms with E-state index in [0.29, 0.717) is 17.9 Å². The van der Waals surface area contributed by atoms with Gasteiger partial charge in [0.2, 0.25) is 0 Å². The van der Waals surface area contributed by atoms with Crippen LogP contribution in [-0.2, 0) is 17.9 Å². The molecule has 2 N–H and O–H groups in total. The second kappa shape index (κ2) is 7.39. The summed E-state index contributed by atoms with van der Waals surface area (Å²) in [5, 5.41) is 12.1. The normalized spacial score (nSPS) is 10.4. The van der Waals surface area contributed by atoms with Gasteiger partial charge in [-0.05, 0) is 11.6 Å². The summed E-state index contributed by atoms with van der Waals surface area (Å²) >= 11 is 0. The molecule has 0 saturated carbocycles. The average Bonchev–Trinajstić information content (AvgIpc) is 2.63. The van der Waals surface area contributed by atoms with E-state index in [2.05, 4.69) is 15.3 Å². The van der Waals surface area contributed by atoms with E-state index >= 15 is 0 Å². The molecule has 0 saturated heterocycles. The number of nitrogens with one attached hydrogen (secondary N) is 1. The maximum atomic E-state index is 12.7. The van der Waals surface area contributed by atoms with Gasteiger partial charge in [-0.15, -0.1) is 0 Å². The summed E-state index contributed by atoms with van der Waals surface area (Å²) < 4.78 is 1.16. The van der Waals surface area contributed by atoms with Crippen molar-refractivity contribution in [1.82, 2.24) is 14.5 Å². The van der Waals surface area contributed by atoms with E-state index in [-0.39, 0.29) is 5.69 Å². The number of benzene rings is 1. The van der Waals surface area contributed by atoms with Crippen LogP contribution in [0.3, 0.4) is 0 Å². The smallest absolute Gasteiger partial charge is 0.323 e. The average molecular weight is 336 g/mol. The van der Waals surface area contributed by atoms with Crippen molar-refractivity contribution in [2.24, 2.45) is 0 Å².